The minimum Gasteiger partial charge on any atom is -0.496 e. The van der Waals surface area contributed by atoms with Crippen LogP contribution in [0, 0.1) is 6.92 Å². The van der Waals surface area contributed by atoms with E-state index in [0.717, 1.165) is 62.5 Å². The number of amides is 1. The summed E-state index contributed by atoms with van der Waals surface area (Å²) in [6, 6.07) is 34.3. The number of aryl methyl sites for hydroxylation is 2. The predicted molar refractivity (Wildman–Crippen MR) is 194 cm³/mol. The molecule has 0 spiro atoms. The summed E-state index contributed by atoms with van der Waals surface area (Å²) in [7, 11) is 3.80. The normalized spacial score (nSPS) is 11.3. The maximum absolute atomic E-state index is 12.3. The van der Waals surface area contributed by atoms with Gasteiger partial charge in [-0.1, -0.05) is 84.4 Å². The number of hydrogen-bond donors (Lipinski definition) is 2. The lowest BCUT2D eigenvalue weighted by atomic mass is 9.94. The van der Waals surface area contributed by atoms with Gasteiger partial charge in [-0.15, -0.1) is 0 Å². The maximum atomic E-state index is 12.3. The molecule has 0 bridgehead atoms. The van der Waals surface area contributed by atoms with Crippen molar-refractivity contribution in [3.8, 4) is 11.5 Å². The average molecular weight is 632 g/mol. The van der Waals surface area contributed by atoms with Gasteiger partial charge in [0.05, 0.1) is 13.7 Å². The lowest BCUT2D eigenvalue weighted by Gasteiger charge is -2.19. The molecule has 1 amide bonds. The van der Waals surface area contributed by atoms with Gasteiger partial charge in [-0.3, -0.25) is 9.69 Å². The molecule has 6 nitrogen and oxygen atoms in total. The molecule has 2 N–H and O–H groups in total. The molecule has 5 rings (SSSR count). The van der Waals surface area contributed by atoms with Gasteiger partial charge in [0.2, 0.25) is 5.91 Å². The van der Waals surface area contributed by atoms with Crippen LogP contribution in [0.5, 0.6) is 11.5 Å². The zero-order chi connectivity index (χ0) is 32.8. The van der Waals surface area contributed by atoms with Crippen molar-refractivity contribution in [2.24, 2.45) is 0 Å². The molecule has 6 heteroatoms. The molecule has 0 aliphatic carbocycles. The number of ether oxygens (including phenoxy) is 2. The molecule has 0 fully saturated rings. The second-order valence-corrected chi connectivity index (χ2v) is 12.4. The molecular weight excluding hydrogens is 582 g/mol. The van der Waals surface area contributed by atoms with E-state index in [1.807, 2.05) is 12.1 Å². The zero-order valence-electron chi connectivity index (χ0n) is 28.2. The fourth-order valence-electron chi connectivity index (χ4n) is 6.14. The van der Waals surface area contributed by atoms with Crippen molar-refractivity contribution >= 4 is 27.5 Å². The Kier molecular flexibility index (Phi) is 12.6. The van der Waals surface area contributed by atoms with Crippen molar-refractivity contribution in [1.82, 2.24) is 15.5 Å². The van der Waals surface area contributed by atoms with Crippen molar-refractivity contribution in [1.29, 1.82) is 0 Å². The summed E-state index contributed by atoms with van der Waals surface area (Å²) >= 11 is 0. The van der Waals surface area contributed by atoms with Gasteiger partial charge >= 0.3 is 0 Å². The molecule has 5 aromatic carbocycles. The van der Waals surface area contributed by atoms with E-state index in [1.165, 1.54) is 38.2 Å². The number of methoxy groups -OCH3 is 1. The van der Waals surface area contributed by atoms with Gasteiger partial charge in [-0.25, -0.2) is 0 Å². The first-order valence-corrected chi connectivity index (χ1v) is 16.9. The first-order chi connectivity index (χ1) is 23.0. The molecule has 0 heterocycles. The summed E-state index contributed by atoms with van der Waals surface area (Å²) < 4.78 is 11.6. The van der Waals surface area contributed by atoms with E-state index in [1.54, 1.807) is 7.11 Å². The van der Waals surface area contributed by atoms with Gasteiger partial charge in [0.15, 0.2) is 0 Å². The third-order valence-electron chi connectivity index (χ3n) is 8.60. The van der Waals surface area contributed by atoms with E-state index < -0.39 is 0 Å². The number of carbonyl (C=O) groups excluding carboxylic acids is 1. The molecule has 5 aromatic rings. The van der Waals surface area contributed by atoms with E-state index in [4.69, 9.17) is 9.47 Å². The highest BCUT2D eigenvalue weighted by molar-refractivity contribution is 6.02. The Hall–Kier alpha value is -4.39. The lowest BCUT2D eigenvalue weighted by Crippen LogP contribution is -2.27. The van der Waals surface area contributed by atoms with E-state index >= 15 is 0 Å². The molecule has 246 valence electrons. The number of nitrogens with one attached hydrogen (secondary N) is 2. The molecule has 0 aliphatic rings. The first kappa shape index (κ1) is 34.0. The highest BCUT2D eigenvalue weighted by atomic mass is 16.5. The van der Waals surface area contributed by atoms with Crippen LogP contribution in [0.3, 0.4) is 0 Å². The van der Waals surface area contributed by atoms with E-state index in [0.29, 0.717) is 26.0 Å². The van der Waals surface area contributed by atoms with Crippen LogP contribution in [0.15, 0.2) is 97.1 Å². The van der Waals surface area contributed by atoms with E-state index in [9.17, 15) is 4.79 Å². The minimum atomic E-state index is 0.0703. The smallest absolute Gasteiger partial charge is 0.220 e. The fraction of sp³-hybridized carbons (Fsp3) is 0.341. The second kappa shape index (κ2) is 17.5. The van der Waals surface area contributed by atoms with Crippen molar-refractivity contribution < 1.29 is 14.3 Å². The van der Waals surface area contributed by atoms with Crippen molar-refractivity contribution in [2.45, 2.75) is 52.1 Å². The topological polar surface area (TPSA) is 62.8 Å². The molecule has 0 aliphatic heterocycles. The van der Waals surface area contributed by atoms with Crippen molar-refractivity contribution in [3.05, 3.63) is 119 Å². The Balaban J connectivity index is 0.937. The number of carbonyl (C=O) groups is 1. The number of fused-ring (bicyclic) bond motifs is 2. The minimum absolute atomic E-state index is 0.0703. The molecule has 0 radical (unpaired) electrons. The summed E-state index contributed by atoms with van der Waals surface area (Å²) in [6.07, 6.45) is 4.13. The van der Waals surface area contributed by atoms with Gasteiger partial charge in [0, 0.05) is 37.7 Å². The summed E-state index contributed by atoms with van der Waals surface area (Å²) in [5.74, 6) is 1.64. The Bertz CT molecular complexity index is 1680. The molecule has 47 heavy (non-hydrogen) atoms. The van der Waals surface area contributed by atoms with Crippen LogP contribution < -0.4 is 20.1 Å². The Labute approximate surface area is 280 Å². The number of nitrogens with zero attached hydrogens (tertiary/aromatic N) is 1. The van der Waals surface area contributed by atoms with Crippen LogP contribution in [-0.2, 0) is 24.3 Å². The van der Waals surface area contributed by atoms with Crippen LogP contribution in [0.4, 0.5) is 0 Å². The largest absolute Gasteiger partial charge is 0.496 e. The van der Waals surface area contributed by atoms with Gasteiger partial charge in [-0.2, -0.15) is 0 Å². The molecule has 0 aromatic heterocycles. The van der Waals surface area contributed by atoms with Crippen LogP contribution >= 0.6 is 0 Å². The SMILES string of the molecule is COc1cc(OCCCC(=O)NCCCNCCCc2c3ccccc3cc3ccccc23)ccc1CN(C)Cc1ccc(C)cc1. The average Bonchev–Trinajstić information content (AvgIpc) is 3.09. The number of hydrogen-bond acceptors (Lipinski definition) is 5. The van der Waals surface area contributed by atoms with Crippen molar-refractivity contribution in [2.75, 3.05) is 40.4 Å². The van der Waals surface area contributed by atoms with Crippen LogP contribution in [-0.4, -0.2) is 51.2 Å². The van der Waals surface area contributed by atoms with E-state index in [2.05, 4.69) is 114 Å². The van der Waals surface area contributed by atoms with Gasteiger partial charge in [0.25, 0.3) is 0 Å². The van der Waals surface area contributed by atoms with Crippen molar-refractivity contribution in [3.63, 3.8) is 0 Å². The zero-order valence-corrected chi connectivity index (χ0v) is 28.2. The maximum Gasteiger partial charge on any atom is 0.220 e. The standard InChI is InChI=1S/C41H49N3O3/c1-31-17-19-32(20-18-31)29-44(2)30-35-21-22-36(28-40(35)46-3)47-26-9-16-41(45)43-25-10-24-42-23-8-15-39-37-13-6-4-11-33(37)27-34-12-5-7-14-38(34)39/h4-7,11-14,17-22,27-28,42H,8-10,15-16,23-26,29-30H2,1-3H3,(H,43,45). The Morgan fingerprint density at radius 3 is 2.19 bits per heavy atom. The second-order valence-electron chi connectivity index (χ2n) is 12.4. The lowest BCUT2D eigenvalue weighted by molar-refractivity contribution is -0.121. The molecule has 0 unspecified atom stereocenters. The molecule has 0 atom stereocenters. The molecule has 0 saturated carbocycles. The summed E-state index contributed by atoms with van der Waals surface area (Å²) in [4.78, 5) is 14.6. The number of benzene rings is 5. The predicted octanol–water partition coefficient (Wildman–Crippen LogP) is 7.83. The highest BCUT2D eigenvalue weighted by Gasteiger charge is 2.10. The van der Waals surface area contributed by atoms with Crippen LogP contribution in [0.25, 0.3) is 21.5 Å². The third kappa shape index (κ3) is 10.0. The molecule has 0 saturated heterocycles. The summed E-state index contributed by atoms with van der Waals surface area (Å²) in [5.41, 5.74) is 5.11. The summed E-state index contributed by atoms with van der Waals surface area (Å²) in [5, 5.41) is 11.9. The van der Waals surface area contributed by atoms with Crippen LogP contribution in [0.1, 0.15) is 47.9 Å². The quantitative estimate of drug-likeness (QED) is 0.0763. The van der Waals surface area contributed by atoms with Crippen LogP contribution in [0.2, 0.25) is 0 Å². The van der Waals surface area contributed by atoms with Gasteiger partial charge < -0.3 is 20.1 Å². The fourth-order valence-corrected chi connectivity index (χ4v) is 6.14. The van der Waals surface area contributed by atoms with E-state index in [-0.39, 0.29) is 5.91 Å². The van der Waals surface area contributed by atoms with Gasteiger partial charge in [0.1, 0.15) is 11.5 Å². The Morgan fingerprint density at radius 2 is 1.47 bits per heavy atom. The monoisotopic (exact) mass is 631 g/mol. The Morgan fingerprint density at radius 1 is 0.766 bits per heavy atom. The third-order valence-corrected chi connectivity index (χ3v) is 8.60. The van der Waals surface area contributed by atoms with Gasteiger partial charge in [-0.05, 0) is 97.5 Å². The summed E-state index contributed by atoms with van der Waals surface area (Å²) in [6.45, 7) is 6.75. The highest BCUT2D eigenvalue weighted by Crippen LogP contribution is 2.29. The molecular formula is C41H49N3O3. The first-order valence-electron chi connectivity index (χ1n) is 16.9. The number of rotatable bonds is 18.